The molecule has 3 aliphatic rings. The van der Waals surface area contributed by atoms with Gasteiger partial charge < -0.3 is 48.7 Å². The van der Waals surface area contributed by atoms with Gasteiger partial charge in [0.25, 0.3) is 17.7 Å². The fourth-order valence-corrected chi connectivity index (χ4v) is 8.06. The van der Waals surface area contributed by atoms with E-state index < -0.39 is 13.7 Å². The topological polar surface area (TPSA) is 220 Å². The maximum Gasteiger partial charge on any atom is 0.430 e. The van der Waals surface area contributed by atoms with Crippen LogP contribution in [0.15, 0.2) is 65.9 Å². The van der Waals surface area contributed by atoms with Crippen LogP contribution in [0.1, 0.15) is 61.9 Å². The van der Waals surface area contributed by atoms with E-state index in [0.29, 0.717) is 65.7 Å². The Morgan fingerprint density at radius 1 is 0.950 bits per heavy atom. The third-order valence-corrected chi connectivity index (χ3v) is 11.2. The minimum Gasteiger partial charge on any atom is -0.493 e. The summed E-state index contributed by atoms with van der Waals surface area (Å²) in [5, 5.41) is 8.00. The van der Waals surface area contributed by atoms with E-state index in [2.05, 4.69) is 32.3 Å². The Kier molecular flexibility index (Phi) is 12.2. The summed E-state index contributed by atoms with van der Waals surface area (Å²) in [5.41, 5.74) is 4.64. The van der Waals surface area contributed by atoms with Crippen LogP contribution in [0.3, 0.4) is 0 Å². The molecule has 4 aromatic rings. The number of nitrogens with one attached hydrogen (secondary N) is 3. The highest BCUT2D eigenvalue weighted by Gasteiger charge is 2.34. The van der Waals surface area contributed by atoms with Crippen LogP contribution in [0.5, 0.6) is 11.5 Å². The van der Waals surface area contributed by atoms with Gasteiger partial charge in [0.2, 0.25) is 11.7 Å². The van der Waals surface area contributed by atoms with Crippen molar-refractivity contribution in [2.75, 3.05) is 56.3 Å². The van der Waals surface area contributed by atoms with E-state index in [1.54, 1.807) is 77.3 Å². The molecular formula is C40H46N9O10P. The number of aryl methyl sites for hydroxylation is 2. The molecule has 316 valence electrons. The predicted molar refractivity (Wildman–Crippen MR) is 221 cm³/mol. The van der Waals surface area contributed by atoms with E-state index in [1.807, 2.05) is 0 Å². The molecule has 60 heavy (non-hydrogen) atoms. The van der Waals surface area contributed by atoms with Crippen LogP contribution < -0.4 is 25.2 Å². The standard InChI is InChI=1S/C40H46N9O10P/c1-24-13-29-18-41-31-17-34(33(57-5)16-30(31)39(52)49(29)19-24)58-10-6-7-36(50)43-35-23-47(3)37(44-35)38(51)42-28-15-32(46(2)22-28)40(53)48-20-25-8-9-27(14-26(25)21-48)45-60(54,55)59-12-11-56-4/h8-9,14-18,22-23,29H,1,6-7,10-13,19-21H2,2-5H3,(H,42,51)(H,43,50)(H2,45,54,55)/t29-/m0/s1. The van der Waals surface area contributed by atoms with Gasteiger partial charge in [0, 0.05) is 77.6 Å². The zero-order valence-electron chi connectivity index (χ0n) is 33.6. The Morgan fingerprint density at radius 2 is 1.75 bits per heavy atom. The normalized spacial score (nSPS) is 16.4. The van der Waals surface area contributed by atoms with Gasteiger partial charge in [-0.25, -0.2) is 9.55 Å². The number of rotatable bonds is 16. The minimum atomic E-state index is -4.11. The van der Waals surface area contributed by atoms with Gasteiger partial charge in [-0.05, 0) is 48.2 Å². The average molecular weight is 844 g/mol. The summed E-state index contributed by atoms with van der Waals surface area (Å²) < 4.78 is 36.8. The second-order valence-electron chi connectivity index (χ2n) is 14.6. The second-order valence-corrected chi connectivity index (χ2v) is 16.1. The summed E-state index contributed by atoms with van der Waals surface area (Å²) in [7, 11) is 2.15. The zero-order valence-corrected chi connectivity index (χ0v) is 34.5. The molecule has 20 heteroatoms. The van der Waals surface area contributed by atoms with Crippen molar-refractivity contribution in [3.63, 3.8) is 0 Å². The average Bonchev–Trinajstić information content (AvgIpc) is 3.98. The highest BCUT2D eigenvalue weighted by Crippen LogP contribution is 2.43. The molecule has 2 aromatic carbocycles. The molecule has 7 rings (SSSR count). The largest absolute Gasteiger partial charge is 0.493 e. The van der Waals surface area contributed by atoms with E-state index in [1.165, 1.54) is 25.0 Å². The van der Waals surface area contributed by atoms with Crippen LogP contribution >= 0.6 is 7.75 Å². The molecule has 1 saturated heterocycles. The smallest absolute Gasteiger partial charge is 0.430 e. The van der Waals surface area contributed by atoms with Crippen molar-refractivity contribution in [2.24, 2.45) is 19.1 Å². The molecule has 0 radical (unpaired) electrons. The number of carbonyl (C=O) groups is 4. The summed E-state index contributed by atoms with van der Waals surface area (Å²) in [5.74, 6) is -0.319. The van der Waals surface area contributed by atoms with Crippen molar-refractivity contribution < 1.29 is 47.4 Å². The third kappa shape index (κ3) is 9.29. The molecule has 0 saturated carbocycles. The first kappa shape index (κ1) is 41.9. The lowest BCUT2D eigenvalue weighted by Crippen LogP contribution is -2.35. The number of anilines is 3. The number of ether oxygens (including phenoxy) is 3. The van der Waals surface area contributed by atoms with E-state index in [9.17, 15) is 28.6 Å². The number of hydrogen-bond acceptors (Lipinski definition) is 11. The Bertz CT molecular complexity index is 2440. The molecule has 3 aliphatic heterocycles. The quantitative estimate of drug-likeness (QED) is 0.0689. The van der Waals surface area contributed by atoms with Gasteiger partial charge in [-0.2, -0.15) is 0 Å². The number of nitrogens with zero attached hydrogens (tertiary/aromatic N) is 6. The fraction of sp³-hybridized carbons (Fsp3) is 0.350. The summed E-state index contributed by atoms with van der Waals surface area (Å²) >= 11 is 0. The van der Waals surface area contributed by atoms with E-state index >= 15 is 0 Å². The number of benzene rings is 2. The highest BCUT2D eigenvalue weighted by atomic mass is 31.2. The molecule has 0 spiro atoms. The van der Waals surface area contributed by atoms with Gasteiger partial charge in [0.05, 0.1) is 49.9 Å². The lowest BCUT2D eigenvalue weighted by Gasteiger charge is -2.20. The van der Waals surface area contributed by atoms with Crippen LogP contribution in [0.25, 0.3) is 0 Å². The first-order valence-corrected chi connectivity index (χ1v) is 20.6. The summed E-state index contributed by atoms with van der Waals surface area (Å²) in [6.07, 6.45) is 6.00. The Balaban J connectivity index is 0.894. The number of amides is 4. The molecule has 2 atom stereocenters. The van der Waals surface area contributed by atoms with E-state index in [-0.39, 0.29) is 68.2 Å². The van der Waals surface area contributed by atoms with Gasteiger partial charge >= 0.3 is 7.75 Å². The summed E-state index contributed by atoms with van der Waals surface area (Å²) in [6, 6.07) is 9.85. The van der Waals surface area contributed by atoms with Crippen molar-refractivity contribution in [1.82, 2.24) is 23.9 Å². The summed E-state index contributed by atoms with van der Waals surface area (Å²) in [6.45, 7) is 5.37. The molecule has 1 unspecified atom stereocenters. The maximum atomic E-state index is 13.6. The highest BCUT2D eigenvalue weighted by molar-refractivity contribution is 7.54. The lowest BCUT2D eigenvalue weighted by atomic mass is 10.1. The van der Waals surface area contributed by atoms with Gasteiger partial charge in [-0.15, -0.1) is 0 Å². The number of hydrogen-bond donors (Lipinski definition) is 4. The number of aliphatic imine (C=N–C) groups is 1. The Morgan fingerprint density at radius 3 is 2.53 bits per heavy atom. The molecule has 4 N–H and O–H groups in total. The number of fused-ring (bicyclic) bond motifs is 3. The van der Waals surface area contributed by atoms with Crippen molar-refractivity contribution in [3.05, 3.63) is 89.2 Å². The first-order chi connectivity index (χ1) is 28.7. The van der Waals surface area contributed by atoms with Crippen LogP contribution in [0.2, 0.25) is 0 Å². The van der Waals surface area contributed by atoms with Crippen LogP contribution in [-0.2, 0) is 45.8 Å². The minimum absolute atomic E-state index is 0.0306. The molecular weight excluding hydrogens is 797 g/mol. The SMILES string of the molecule is C=C1C[C@H]2C=Nc3cc(OCCCC(=O)Nc4cn(C)c(C(=O)Nc5cc(C(=O)N6Cc7ccc(NP(=O)(O)OCCOC)cc7C6)n(C)c5)n4)c(OC)cc3C(=O)N2C1. The van der Waals surface area contributed by atoms with E-state index in [0.717, 1.165) is 16.7 Å². The van der Waals surface area contributed by atoms with Crippen LogP contribution in [0, 0.1) is 0 Å². The number of aromatic nitrogens is 3. The fourth-order valence-electron chi connectivity index (χ4n) is 7.20. The monoisotopic (exact) mass is 843 g/mol. The molecule has 5 heterocycles. The Hall–Kier alpha value is -6.27. The van der Waals surface area contributed by atoms with Gasteiger partial charge in [0.15, 0.2) is 17.3 Å². The number of imidazole rings is 1. The molecule has 19 nitrogen and oxygen atoms in total. The summed E-state index contributed by atoms with van der Waals surface area (Å²) in [4.78, 5) is 75.3. The van der Waals surface area contributed by atoms with Gasteiger partial charge in [-0.3, -0.25) is 33.8 Å². The zero-order chi connectivity index (χ0) is 42.7. The molecule has 0 bridgehead atoms. The molecule has 2 aromatic heterocycles. The second kappa shape index (κ2) is 17.5. The molecule has 4 amide bonds. The Labute approximate surface area is 345 Å². The predicted octanol–water partition coefficient (Wildman–Crippen LogP) is 4.64. The lowest BCUT2D eigenvalue weighted by molar-refractivity contribution is -0.116. The maximum absolute atomic E-state index is 13.6. The van der Waals surface area contributed by atoms with Crippen molar-refractivity contribution >= 4 is 60.5 Å². The van der Waals surface area contributed by atoms with Gasteiger partial charge in [-0.1, -0.05) is 18.2 Å². The van der Waals surface area contributed by atoms with E-state index in [4.69, 9.17) is 18.7 Å². The molecule has 0 aliphatic carbocycles. The third-order valence-electron chi connectivity index (χ3n) is 10.1. The number of methoxy groups -OCH3 is 2. The molecule has 1 fully saturated rings. The van der Waals surface area contributed by atoms with Crippen molar-refractivity contribution in [2.45, 2.75) is 38.4 Å². The van der Waals surface area contributed by atoms with Gasteiger partial charge in [0.1, 0.15) is 5.69 Å². The van der Waals surface area contributed by atoms with Crippen molar-refractivity contribution in [3.8, 4) is 11.5 Å². The number of carbonyl (C=O) groups excluding carboxylic acids is 4. The first-order valence-electron chi connectivity index (χ1n) is 19.0. The van der Waals surface area contributed by atoms with Crippen LogP contribution in [0.4, 0.5) is 22.9 Å². The van der Waals surface area contributed by atoms with Crippen molar-refractivity contribution in [1.29, 1.82) is 0 Å². The van der Waals surface area contributed by atoms with Crippen LogP contribution in [-0.4, -0.2) is 105 Å².